The number of hydrogen-bond donors (Lipinski definition) is 3. The van der Waals surface area contributed by atoms with E-state index in [1.807, 2.05) is 6.08 Å². The minimum atomic E-state index is -1.75. The van der Waals surface area contributed by atoms with E-state index in [4.69, 9.17) is 23.7 Å². The van der Waals surface area contributed by atoms with Gasteiger partial charge in [0, 0.05) is 38.2 Å². The van der Waals surface area contributed by atoms with E-state index in [9.17, 15) is 20.1 Å². The van der Waals surface area contributed by atoms with Crippen molar-refractivity contribution >= 4 is 5.97 Å². The van der Waals surface area contributed by atoms with E-state index in [0.717, 1.165) is 6.42 Å². The van der Waals surface area contributed by atoms with Gasteiger partial charge in [-0.2, -0.15) is 0 Å². The first-order valence-electron chi connectivity index (χ1n) is 14.9. The first kappa shape index (κ1) is 28.5. The second-order valence-corrected chi connectivity index (χ2v) is 13.3. The maximum absolute atomic E-state index is 13.9. The summed E-state index contributed by atoms with van der Waals surface area (Å²) in [6, 6.07) is 0. The van der Waals surface area contributed by atoms with Crippen LogP contribution in [-0.2, 0) is 28.5 Å². The summed E-state index contributed by atoms with van der Waals surface area (Å²) in [6.45, 7) is 8.07. The Labute approximate surface area is 236 Å². The fourth-order valence-electron chi connectivity index (χ4n) is 7.55. The van der Waals surface area contributed by atoms with Crippen LogP contribution in [0.25, 0.3) is 0 Å². The molecule has 0 amide bonds. The van der Waals surface area contributed by atoms with Gasteiger partial charge in [0.05, 0.1) is 30.5 Å². The Morgan fingerprint density at radius 3 is 2.65 bits per heavy atom. The molecule has 3 N–H and O–H groups in total. The lowest BCUT2D eigenvalue weighted by atomic mass is 9.71. The molecule has 0 aromatic heterocycles. The van der Waals surface area contributed by atoms with Gasteiger partial charge in [0.25, 0.3) is 0 Å². The molecule has 0 radical (unpaired) electrons. The largest absolute Gasteiger partial charge is 0.462 e. The van der Waals surface area contributed by atoms with Gasteiger partial charge in [0.1, 0.15) is 29.8 Å². The number of aliphatic hydroxyl groups excluding tert-OH is 2. The monoisotopic (exact) mass is 560 g/mol. The maximum atomic E-state index is 13.9. The number of fused-ring (bicyclic) bond motifs is 3. The van der Waals surface area contributed by atoms with Crippen LogP contribution in [0.15, 0.2) is 35.5 Å². The third-order valence-electron chi connectivity index (χ3n) is 10.3. The molecule has 0 aromatic carbocycles. The third kappa shape index (κ3) is 4.91. The zero-order valence-electron chi connectivity index (χ0n) is 24.0. The van der Waals surface area contributed by atoms with Crippen molar-refractivity contribution in [2.24, 2.45) is 17.8 Å². The molecule has 1 spiro atoms. The van der Waals surface area contributed by atoms with E-state index in [0.29, 0.717) is 49.2 Å². The molecule has 0 aromatic rings. The second-order valence-electron chi connectivity index (χ2n) is 13.3. The maximum Gasteiger partial charge on any atom is 0.316 e. The van der Waals surface area contributed by atoms with E-state index in [1.54, 1.807) is 25.2 Å². The number of aliphatic hydroxyl groups is 3. The summed E-state index contributed by atoms with van der Waals surface area (Å²) >= 11 is 0. The number of carbonyl (C=O) groups excluding carboxylic acids is 1. The second kappa shape index (κ2) is 10.3. The molecule has 2 bridgehead atoms. The molecular weight excluding hydrogens is 516 g/mol. The number of carbonyl (C=O) groups is 1. The first-order valence-corrected chi connectivity index (χ1v) is 14.9. The fraction of sp³-hybridized carbons (Fsp3) is 0.774. The Hall–Kier alpha value is -1.59. The zero-order valence-corrected chi connectivity index (χ0v) is 24.0. The van der Waals surface area contributed by atoms with Crippen LogP contribution in [0.2, 0.25) is 0 Å². The standard InChI is InChI=1S/C31H44O9/c1-17-8-9-30(38-19(17)3)14-23-11-22(39-30)12-25-29(4,40-25)13-20(15-32)6-5-7-21-16-36-27-26(33)18(2)10-24(28(34)37-23)31(21,27)35/h5-7,10,17,19-20,22-27,32-33,35H,8-9,11-16H2,1-4H3/b6-5+,21-7+/t17-,19?,20-,22-,23-,24-,25-,26+,27+,29-,30-,31+/m0/s1. The van der Waals surface area contributed by atoms with Gasteiger partial charge in [-0.15, -0.1) is 0 Å². The fourth-order valence-corrected chi connectivity index (χ4v) is 7.55. The van der Waals surface area contributed by atoms with Crippen LogP contribution in [0.5, 0.6) is 0 Å². The number of ether oxygens (including phenoxy) is 5. The van der Waals surface area contributed by atoms with Gasteiger partial charge in [0.2, 0.25) is 0 Å². The molecule has 0 saturated carbocycles. The third-order valence-corrected chi connectivity index (χ3v) is 10.3. The van der Waals surface area contributed by atoms with E-state index in [2.05, 4.69) is 20.8 Å². The normalized spacial score (nSPS) is 53.0. The van der Waals surface area contributed by atoms with Crippen molar-refractivity contribution < 1.29 is 43.8 Å². The van der Waals surface area contributed by atoms with Crippen molar-refractivity contribution in [3.8, 4) is 0 Å². The van der Waals surface area contributed by atoms with Crippen LogP contribution in [0.3, 0.4) is 0 Å². The van der Waals surface area contributed by atoms with Crippen molar-refractivity contribution in [1.29, 1.82) is 0 Å². The smallest absolute Gasteiger partial charge is 0.316 e. The van der Waals surface area contributed by atoms with Gasteiger partial charge in [-0.3, -0.25) is 4.79 Å². The summed E-state index contributed by atoms with van der Waals surface area (Å²) in [6.07, 6.45) is 8.15. The molecular formula is C31H44O9. The van der Waals surface area contributed by atoms with Crippen LogP contribution in [0.1, 0.15) is 66.2 Å². The van der Waals surface area contributed by atoms with Crippen LogP contribution in [0.4, 0.5) is 0 Å². The SMILES string of the molecule is CC1=C[C@H]2C(=O)O[C@H]3C[C@@H](C[C@@H]4O[C@@]4(C)C[C@@H](CO)/C=C/C=C4\CO[C@H]([C@@H]1O)[C@@]42O)O[C@@]1(CC[C@H](C)C(C)O1)C3. The molecule has 5 heterocycles. The summed E-state index contributed by atoms with van der Waals surface area (Å²) in [5, 5.41) is 33.0. The molecule has 9 heteroatoms. The number of epoxide rings is 1. The van der Waals surface area contributed by atoms with Crippen molar-refractivity contribution in [1.82, 2.24) is 0 Å². The van der Waals surface area contributed by atoms with Crippen LogP contribution >= 0.6 is 0 Å². The molecule has 1 unspecified atom stereocenters. The van der Waals surface area contributed by atoms with Crippen molar-refractivity contribution in [2.45, 2.75) is 120 Å². The molecule has 4 fully saturated rings. The number of rotatable bonds is 1. The highest BCUT2D eigenvalue weighted by Gasteiger charge is 2.60. The Bertz CT molecular complexity index is 1100. The van der Waals surface area contributed by atoms with Gasteiger partial charge >= 0.3 is 5.97 Å². The highest BCUT2D eigenvalue weighted by molar-refractivity contribution is 5.78. The molecule has 222 valence electrons. The highest BCUT2D eigenvalue weighted by atomic mass is 16.7. The Morgan fingerprint density at radius 1 is 1.10 bits per heavy atom. The van der Waals surface area contributed by atoms with Crippen LogP contribution < -0.4 is 0 Å². The van der Waals surface area contributed by atoms with Crippen LogP contribution in [-0.4, -0.2) is 88.1 Å². The van der Waals surface area contributed by atoms with Gasteiger partial charge in [-0.05, 0) is 50.7 Å². The molecule has 1 aliphatic carbocycles. The Kier molecular flexibility index (Phi) is 7.34. The molecule has 4 saturated heterocycles. The van der Waals surface area contributed by atoms with Gasteiger partial charge in [-0.1, -0.05) is 31.2 Å². The summed E-state index contributed by atoms with van der Waals surface area (Å²) in [4.78, 5) is 13.9. The minimum absolute atomic E-state index is 0.0106. The lowest BCUT2D eigenvalue weighted by molar-refractivity contribution is -0.333. The van der Waals surface area contributed by atoms with E-state index in [1.165, 1.54) is 0 Å². The molecule has 6 aliphatic rings. The van der Waals surface area contributed by atoms with Gasteiger partial charge in [0.15, 0.2) is 5.79 Å². The summed E-state index contributed by atoms with van der Waals surface area (Å²) in [7, 11) is 0. The lowest BCUT2D eigenvalue weighted by Crippen LogP contribution is -2.58. The molecule has 9 nitrogen and oxygen atoms in total. The number of esters is 1. The Balaban J connectivity index is 1.36. The summed E-state index contributed by atoms with van der Waals surface area (Å²) in [5.74, 6) is -2.18. The zero-order chi connectivity index (χ0) is 28.4. The molecule has 5 aliphatic heterocycles. The first-order chi connectivity index (χ1) is 19.0. The summed E-state index contributed by atoms with van der Waals surface area (Å²) < 4.78 is 31.4. The number of allylic oxidation sites excluding steroid dienone is 2. The molecule has 12 atom stereocenters. The lowest BCUT2D eigenvalue weighted by Gasteiger charge is -2.49. The Morgan fingerprint density at radius 2 is 1.90 bits per heavy atom. The average molecular weight is 561 g/mol. The van der Waals surface area contributed by atoms with Crippen molar-refractivity contribution in [2.75, 3.05) is 13.2 Å². The quantitative estimate of drug-likeness (QED) is 0.252. The van der Waals surface area contributed by atoms with Crippen LogP contribution in [0, 0.1) is 17.8 Å². The molecule has 40 heavy (non-hydrogen) atoms. The molecule has 6 rings (SSSR count). The average Bonchev–Trinajstić information content (AvgIpc) is 3.39. The predicted molar refractivity (Wildman–Crippen MR) is 144 cm³/mol. The van der Waals surface area contributed by atoms with E-state index < -0.39 is 47.2 Å². The van der Waals surface area contributed by atoms with Gasteiger partial charge in [-0.25, -0.2) is 0 Å². The summed E-state index contributed by atoms with van der Waals surface area (Å²) in [5.41, 5.74) is -1.09. The van der Waals surface area contributed by atoms with Crippen molar-refractivity contribution in [3.63, 3.8) is 0 Å². The predicted octanol–water partition coefficient (Wildman–Crippen LogP) is 2.72. The van der Waals surface area contributed by atoms with E-state index >= 15 is 0 Å². The topological polar surface area (TPSA) is 127 Å². The van der Waals surface area contributed by atoms with Crippen molar-refractivity contribution in [3.05, 3.63) is 35.5 Å². The van der Waals surface area contributed by atoms with Gasteiger partial charge < -0.3 is 39.0 Å². The highest BCUT2D eigenvalue weighted by Crippen LogP contribution is 2.50. The van der Waals surface area contributed by atoms with E-state index in [-0.39, 0.29) is 37.4 Å². The minimum Gasteiger partial charge on any atom is -0.462 e. The number of hydrogen-bond acceptors (Lipinski definition) is 9.